The predicted molar refractivity (Wildman–Crippen MR) is 196 cm³/mol. The van der Waals surface area contributed by atoms with Crippen LogP contribution in [-0.4, -0.2) is 6.04 Å². The van der Waals surface area contributed by atoms with Gasteiger partial charge < -0.3 is 9.80 Å². The Labute approximate surface area is 271 Å². The van der Waals surface area contributed by atoms with Crippen LogP contribution in [-0.2, 0) is 0 Å². The van der Waals surface area contributed by atoms with Crippen LogP contribution >= 0.6 is 0 Å². The Bertz CT molecular complexity index is 2030. The Balaban J connectivity index is 1.12. The highest BCUT2D eigenvalue weighted by molar-refractivity contribution is 5.97. The van der Waals surface area contributed by atoms with Crippen molar-refractivity contribution in [3.8, 4) is 11.1 Å². The minimum Gasteiger partial charge on any atom is -0.334 e. The normalized spacial score (nSPS) is 18.2. The fourth-order valence-corrected chi connectivity index (χ4v) is 6.99. The van der Waals surface area contributed by atoms with Gasteiger partial charge in [-0.3, -0.25) is 0 Å². The number of nitrogens with zero attached hydrogens (tertiary/aromatic N) is 2. The Morgan fingerprint density at radius 2 is 1.26 bits per heavy atom. The lowest BCUT2D eigenvalue weighted by Gasteiger charge is -2.38. The maximum Gasteiger partial charge on any atom is 0.0628 e. The summed E-state index contributed by atoms with van der Waals surface area (Å²) >= 11 is 0. The largest absolute Gasteiger partial charge is 0.334 e. The average molecular weight is 593 g/mol. The zero-order chi connectivity index (χ0) is 30.7. The fraction of sp³-hybridized carbons (Fsp3) is 0.0909. The summed E-state index contributed by atoms with van der Waals surface area (Å²) in [5, 5.41) is 2.50. The molecule has 0 spiro atoms. The summed E-state index contributed by atoms with van der Waals surface area (Å²) in [7, 11) is 0. The van der Waals surface area contributed by atoms with Crippen LogP contribution < -0.4 is 9.80 Å². The molecule has 0 heterocycles. The van der Waals surface area contributed by atoms with Crippen LogP contribution in [0.3, 0.4) is 0 Å². The molecule has 0 amide bonds. The zero-order valence-electron chi connectivity index (χ0n) is 25.8. The van der Waals surface area contributed by atoms with Crippen molar-refractivity contribution in [2.24, 2.45) is 5.92 Å². The van der Waals surface area contributed by atoms with E-state index in [0.717, 1.165) is 18.5 Å². The molecule has 0 saturated carbocycles. The van der Waals surface area contributed by atoms with Crippen molar-refractivity contribution in [2.45, 2.75) is 18.9 Å². The molecule has 2 unspecified atom stereocenters. The van der Waals surface area contributed by atoms with Gasteiger partial charge >= 0.3 is 0 Å². The van der Waals surface area contributed by atoms with Crippen molar-refractivity contribution in [1.29, 1.82) is 0 Å². The number of para-hydroxylation sites is 1. The second kappa shape index (κ2) is 12.4. The minimum absolute atomic E-state index is 0.192. The van der Waals surface area contributed by atoms with Crippen molar-refractivity contribution in [2.75, 3.05) is 9.80 Å². The first kappa shape index (κ1) is 27.9. The summed E-state index contributed by atoms with van der Waals surface area (Å²) in [5.41, 5.74) is 9.72. The number of benzene rings is 5. The number of hydrogen-bond donors (Lipinski definition) is 0. The lowest BCUT2D eigenvalue weighted by Crippen LogP contribution is -2.37. The first-order valence-corrected chi connectivity index (χ1v) is 16.3. The maximum atomic E-state index is 2.47. The molecule has 0 fully saturated rings. The molecule has 0 N–H and O–H groups in total. The molecule has 3 aliphatic carbocycles. The highest BCUT2D eigenvalue weighted by atomic mass is 15.2. The Morgan fingerprint density at radius 3 is 2.04 bits per heavy atom. The van der Waals surface area contributed by atoms with Crippen LogP contribution in [0.5, 0.6) is 0 Å². The summed E-state index contributed by atoms with van der Waals surface area (Å²) in [6.45, 7) is 0. The van der Waals surface area contributed by atoms with Crippen LogP contribution in [0.4, 0.5) is 22.7 Å². The van der Waals surface area contributed by atoms with Gasteiger partial charge in [-0.25, -0.2) is 0 Å². The minimum atomic E-state index is 0.192. The topological polar surface area (TPSA) is 6.48 Å². The summed E-state index contributed by atoms with van der Waals surface area (Å²) in [5.74, 6) is 0.307. The van der Waals surface area contributed by atoms with E-state index in [9.17, 15) is 0 Å². The molecule has 5 aromatic rings. The van der Waals surface area contributed by atoms with Gasteiger partial charge in [-0.2, -0.15) is 0 Å². The van der Waals surface area contributed by atoms with E-state index in [-0.39, 0.29) is 6.04 Å². The maximum absolute atomic E-state index is 2.47. The van der Waals surface area contributed by atoms with E-state index in [4.69, 9.17) is 0 Å². The Hall–Kier alpha value is -5.60. The molecule has 2 heteroatoms. The highest BCUT2D eigenvalue weighted by Crippen LogP contribution is 2.40. The SMILES string of the molecule is C1=CC2=CC=CC(N(c3ccccc3)c3ccc(-c4ccc(N(C5=CCCC=C5)c5cccc6ccccc56)cc4)cc3)C2C=C1. The van der Waals surface area contributed by atoms with Crippen LogP contribution in [0.15, 0.2) is 193 Å². The lowest BCUT2D eigenvalue weighted by molar-refractivity contribution is 0.640. The number of hydrogen-bond acceptors (Lipinski definition) is 2. The van der Waals surface area contributed by atoms with Crippen LogP contribution in [0.25, 0.3) is 21.9 Å². The first-order valence-electron chi connectivity index (χ1n) is 16.3. The van der Waals surface area contributed by atoms with E-state index in [1.165, 1.54) is 50.2 Å². The third kappa shape index (κ3) is 5.33. The molecule has 3 aliphatic rings. The molecule has 2 nitrogen and oxygen atoms in total. The molecule has 46 heavy (non-hydrogen) atoms. The monoisotopic (exact) mass is 592 g/mol. The standard InChI is InChI=1S/C44H36N2/c1-3-17-37(18-4-1)45(43-23-11-15-35-13-7-9-21-41(35)43)39-29-25-33(26-30-39)34-27-31-40(32-28-34)46(38-19-5-2-6-20-38)44-24-12-16-36-14-8-10-22-42(36)44/h1,3-5,7-32,41,43H,2,6H2. The van der Waals surface area contributed by atoms with Crippen LogP contribution in [0.2, 0.25) is 0 Å². The first-order chi connectivity index (χ1) is 22.8. The van der Waals surface area contributed by atoms with Crippen molar-refractivity contribution in [3.05, 3.63) is 193 Å². The van der Waals surface area contributed by atoms with Crippen molar-refractivity contribution in [1.82, 2.24) is 0 Å². The van der Waals surface area contributed by atoms with E-state index in [1.54, 1.807) is 0 Å². The van der Waals surface area contributed by atoms with Gasteiger partial charge in [-0.15, -0.1) is 0 Å². The zero-order valence-corrected chi connectivity index (χ0v) is 25.8. The predicted octanol–water partition coefficient (Wildman–Crippen LogP) is 11.6. The van der Waals surface area contributed by atoms with Crippen molar-refractivity contribution < 1.29 is 0 Å². The van der Waals surface area contributed by atoms with Gasteiger partial charge in [0.15, 0.2) is 0 Å². The van der Waals surface area contributed by atoms with Gasteiger partial charge in [-0.05, 0) is 83.5 Å². The number of anilines is 4. The molecule has 0 aliphatic heterocycles. The van der Waals surface area contributed by atoms with Gasteiger partial charge in [-0.1, -0.05) is 134 Å². The smallest absolute Gasteiger partial charge is 0.0628 e. The molecular formula is C44H36N2. The third-order valence-corrected chi connectivity index (χ3v) is 9.25. The molecule has 0 saturated heterocycles. The lowest BCUT2D eigenvalue weighted by atomic mass is 9.83. The van der Waals surface area contributed by atoms with Gasteiger partial charge in [0.05, 0.1) is 11.7 Å². The summed E-state index contributed by atoms with van der Waals surface area (Å²) in [6.07, 6.45) is 24.7. The van der Waals surface area contributed by atoms with Gasteiger partial charge in [0.25, 0.3) is 0 Å². The van der Waals surface area contributed by atoms with Gasteiger partial charge in [0.2, 0.25) is 0 Å². The molecule has 8 rings (SSSR count). The molecule has 0 aromatic heterocycles. The second-order valence-corrected chi connectivity index (χ2v) is 12.1. The quantitative estimate of drug-likeness (QED) is 0.185. The van der Waals surface area contributed by atoms with E-state index in [0.29, 0.717) is 5.92 Å². The molecule has 222 valence electrons. The Kier molecular flexibility index (Phi) is 7.54. The van der Waals surface area contributed by atoms with E-state index in [1.807, 2.05) is 0 Å². The van der Waals surface area contributed by atoms with Gasteiger partial charge in [0, 0.05) is 34.1 Å². The molecule has 2 atom stereocenters. The third-order valence-electron chi connectivity index (χ3n) is 9.25. The molecule has 0 bridgehead atoms. The average Bonchev–Trinajstić information content (AvgIpc) is 3.14. The second-order valence-electron chi connectivity index (χ2n) is 12.1. The fourth-order valence-electron chi connectivity index (χ4n) is 6.99. The van der Waals surface area contributed by atoms with Crippen LogP contribution in [0, 0.1) is 5.92 Å². The molecule has 0 radical (unpaired) electrons. The number of rotatable bonds is 7. The van der Waals surface area contributed by atoms with Crippen molar-refractivity contribution >= 4 is 33.5 Å². The number of fused-ring (bicyclic) bond motifs is 2. The molecule has 5 aromatic carbocycles. The summed E-state index contributed by atoms with van der Waals surface area (Å²) < 4.78 is 0. The van der Waals surface area contributed by atoms with E-state index < -0.39 is 0 Å². The van der Waals surface area contributed by atoms with Crippen molar-refractivity contribution in [3.63, 3.8) is 0 Å². The number of allylic oxidation sites excluding steroid dienone is 8. The summed E-state index contributed by atoms with van der Waals surface area (Å²) in [4.78, 5) is 4.87. The highest BCUT2D eigenvalue weighted by Gasteiger charge is 2.29. The van der Waals surface area contributed by atoms with Crippen LogP contribution in [0.1, 0.15) is 12.8 Å². The van der Waals surface area contributed by atoms with E-state index in [2.05, 4.69) is 192 Å². The summed E-state index contributed by atoms with van der Waals surface area (Å²) in [6, 6.07) is 44.3. The van der Waals surface area contributed by atoms with Gasteiger partial charge in [0.1, 0.15) is 0 Å². The van der Waals surface area contributed by atoms with E-state index >= 15 is 0 Å². The Morgan fingerprint density at radius 1 is 0.543 bits per heavy atom. The molecular weight excluding hydrogens is 556 g/mol.